The number of hydrogen-bond acceptors (Lipinski definition) is 7. The van der Waals surface area contributed by atoms with Crippen LogP contribution >= 0.6 is 12.4 Å². The smallest absolute Gasteiger partial charge is 0.222 e. The molecule has 0 saturated heterocycles. The van der Waals surface area contributed by atoms with Crippen LogP contribution in [0.25, 0.3) is 22.3 Å². The second-order valence-corrected chi connectivity index (χ2v) is 4.60. The Labute approximate surface area is 139 Å². The molecule has 0 amide bonds. The molecule has 0 saturated carbocycles. The summed E-state index contributed by atoms with van der Waals surface area (Å²) < 4.78 is 10.5. The minimum atomic E-state index is 0. The van der Waals surface area contributed by atoms with Crippen molar-refractivity contribution < 1.29 is 9.47 Å². The number of nitrogens with zero attached hydrogens (tertiary/aromatic N) is 3. The third-order valence-corrected chi connectivity index (χ3v) is 3.27. The normalized spacial score (nSPS) is 10.2. The molecule has 0 unspecified atom stereocenters. The number of hydrogen-bond donors (Lipinski definition) is 2. The van der Waals surface area contributed by atoms with Gasteiger partial charge in [-0.2, -0.15) is 4.98 Å². The van der Waals surface area contributed by atoms with E-state index in [9.17, 15) is 0 Å². The van der Waals surface area contributed by atoms with Crippen molar-refractivity contribution in [3.63, 3.8) is 0 Å². The number of halogens is 1. The Hall–Kier alpha value is -2.80. The Bertz CT molecular complexity index is 857. The monoisotopic (exact) mass is 333 g/mol. The Kier molecular flexibility index (Phi) is 4.71. The average Bonchev–Trinajstić information content (AvgIpc) is 2.53. The van der Waals surface area contributed by atoms with Crippen LogP contribution in [0, 0.1) is 0 Å². The van der Waals surface area contributed by atoms with Gasteiger partial charge in [0.15, 0.2) is 17.3 Å². The predicted octanol–water partition coefficient (Wildman–Crippen LogP) is 2.30. The van der Waals surface area contributed by atoms with E-state index < -0.39 is 0 Å². The SMILES string of the molecule is COc1ccc(-c2ccc3nc(N)nc(N)c3n2)cc1OC.Cl. The van der Waals surface area contributed by atoms with Crippen LogP contribution in [-0.4, -0.2) is 29.2 Å². The second-order valence-electron chi connectivity index (χ2n) is 4.60. The zero-order chi connectivity index (χ0) is 15.7. The molecule has 0 spiro atoms. The van der Waals surface area contributed by atoms with E-state index in [4.69, 9.17) is 20.9 Å². The summed E-state index contributed by atoms with van der Waals surface area (Å²) in [5.74, 6) is 1.67. The summed E-state index contributed by atoms with van der Waals surface area (Å²) in [6.45, 7) is 0. The van der Waals surface area contributed by atoms with Crippen LogP contribution in [0.2, 0.25) is 0 Å². The number of benzene rings is 1. The minimum Gasteiger partial charge on any atom is -0.493 e. The number of anilines is 2. The van der Waals surface area contributed by atoms with Crippen LogP contribution in [0.4, 0.5) is 11.8 Å². The van der Waals surface area contributed by atoms with Crippen LogP contribution in [0.3, 0.4) is 0 Å². The molecule has 0 bridgehead atoms. The molecule has 3 rings (SSSR count). The highest BCUT2D eigenvalue weighted by Crippen LogP contribution is 2.32. The van der Waals surface area contributed by atoms with Gasteiger partial charge in [0.05, 0.1) is 25.4 Å². The molecular weight excluding hydrogens is 318 g/mol. The van der Waals surface area contributed by atoms with E-state index in [1.807, 2.05) is 30.3 Å². The third kappa shape index (κ3) is 3.04. The van der Waals surface area contributed by atoms with E-state index in [0.717, 1.165) is 11.3 Å². The quantitative estimate of drug-likeness (QED) is 0.756. The van der Waals surface area contributed by atoms with Gasteiger partial charge < -0.3 is 20.9 Å². The number of fused-ring (bicyclic) bond motifs is 1. The van der Waals surface area contributed by atoms with Gasteiger partial charge in [-0.15, -0.1) is 12.4 Å². The van der Waals surface area contributed by atoms with Crippen molar-refractivity contribution >= 4 is 35.2 Å². The highest BCUT2D eigenvalue weighted by Gasteiger charge is 2.10. The first-order chi connectivity index (χ1) is 10.6. The van der Waals surface area contributed by atoms with E-state index in [2.05, 4.69) is 15.0 Å². The lowest BCUT2D eigenvalue weighted by atomic mass is 10.1. The van der Waals surface area contributed by atoms with Gasteiger partial charge in [0.1, 0.15) is 5.52 Å². The highest BCUT2D eigenvalue weighted by molar-refractivity contribution is 5.87. The first-order valence-electron chi connectivity index (χ1n) is 6.54. The third-order valence-electron chi connectivity index (χ3n) is 3.27. The van der Waals surface area contributed by atoms with Crippen LogP contribution in [0.15, 0.2) is 30.3 Å². The number of nitrogen functional groups attached to an aromatic ring is 2. The lowest BCUT2D eigenvalue weighted by Crippen LogP contribution is -2.02. The molecule has 0 radical (unpaired) electrons. The second kappa shape index (κ2) is 6.53. The fourth-order valence-corrected chi connectivity index (χ4v) is 2.21. The lowest BCUT2D eigenvalue weighted by molar-refractivity contribution is 0.355. The van der Waals surface area contributed by atoms with Gasteiger partial charge in [0.25, 0.3) is 0 Å². The van der Waals surface area contributed by atoms with E-state index in [-0.39, 0.29) is 24.2 Å². The minimum absolute atomic E-state index is 0. The van der Waals surface area contributed by atoms with E-state index in [1.165, 1.54) is 0 Å². The summed E-state index contributed by atoms with van der Waals surface area (Å²) in [5.41, 5.74) is 14.2. The number of rotatable bonds is 3. The molecule has 0 aliphatic heterocycles. The maximum Gasteiger partial charge on any atom is 0.222 e. The van der Waals surface area contributed by atoms with Crippen molar-refractivity contribution in [1.29, 1.82) is 0 Å². The van der Waals surface area contributed by atoms with E-state index in [1.54, 1.807) is 14.2 Å². The summed E-state index contributed by atoms with van der Waals surface area (Å²) >= 11 is 0. The van der Waals surface area contributed by atoms with Gasteiger partial charge in [-0.3, -0.25) is 0 Å². The fourth-order valence-electron chi connectivity index (χ4n) is 2.21. The van der Waals surface area contributed by atoms with Gasteiger partial charge in [-0.1, -0.05) is 0 Å². The first-order valence-corrected chi connectivity index (χ1v) is 6.54. The molecule has 120 valence electrons. The van der Waals surface area contributed by atoms with Crippen molar-refractivity contribution in [1.82, 2.24) is 15.0 Å². The summed E-state index contributed by atoms with van der Waals surface area (Å²) in [6.07, 6.45) is 0. The van der Waals surface area contributed by atoms with Crippen LogP contribution < -0.4 is 20.9 Å². The van der Waals surface area contributed by atoms with Crippen LogP contribution in [0.1, 0.15) is 0 Å². The summed E-state index contributed by atoms with van der Waals surface area (Å²) in [4.78, 5) is 12.6. The molecule has 3 aromatic rings. The standard InChI is InChI=1S/C15H15N5O2.ClH/c1-21-11-6-3-8(7-12(11)22-2)9-4-5-10-13(18-9)14(16)20-15(17)19-10;/h3-7H,1-2H3,(H4,16,17,19,20);1H. The fraction of sp³-hybridized carbons (Fsp3) is 0.133. The van der Waals surface area contributed by atoms with Crippen molar-refractivity contribution in [3.8, 4) is 22.8 Å². The maximum atomic E-state index is 5.87. The van der Waals surface area contributed by atoms with Gasteiger partial charge in [0.2, 0.25) is 5.95 Å². The average molecular weight is 334 g/mol. The molecular formula is C15H16ClN5O2. The van der Waals surface area contributed by atoms with Crippen LogP contribution in [0.5, 0.6) is 11.5 Å². The Morgan fingerprint density at radius 1 is 0.870 bits per heavy atom. The Morgan fingerprint density at radius 2 is 1.61 bits per heavy atom. The van der Waals surface area contributed by atoms with E-state index in [0.29, 0.717) is 22.5 Å². The zero-order valence-corrected chi connectivity index (χ0v) is 13.4. The molecule has 4 N–H and O–H groups in total. The maximum absolute atomic E-state index is 5.87. The summed E-state index contributed by atoms with van der Waals surface area (Å²) in [6, 6.07) is 9.21. The molecule has 1 aromatic carbocycles. The summed E-state index contributed by atoms with van der Waals surface area (Å²) in [7, 11) is 3.18. The first kappa shape index (κ1) is 16.6. The van der Waals surface area contributed by atoms with Gasteiger partial charge in [-0.25, -0.2) is 9.97 Å². The lowest BCUT2D eigenvalue weighted by Gasteiger charge is -2.10. The summed E-state index contributed by atoms with van der Waals surface area (Å²) in [5, 5.41) is 0. The molecule has 0 aliphatic rings. The number of ether oxygens (including phenoxy) is 2. The van der Waals surface area contributed by atoms with Gasteiger partial charge in [0, 0.05) is 5.56 Å². The molecule has 0 atom stereocenters. The zero-order valence-electron chi connectivity index (χ0n) is 12.6. The van der Waals surface area contributed by atoms with Crippen molar-refractivity contribution in [2.45, 2.75) is 0 Å². The van der Waals surface area contributed by atoms with Gasteiger partial charge >= 0.3 is 0 Å². The molecule has 8 heteroatoms. The molecule has 2 aromatic heterocycles. The molecule has 7 nitrogen and oxygen atoms in total. The van der Waals surface area contributed by atoms with E-state index >= 15 is 0 Å². The van der Waals surface area contributed by atoms with Crippen molar-refractivity contribution in [3.05, 3.63) is 30.3 Å². The number of methoxy groups -OCH3 is 2. The van der Waals surface area contributed by atoms with Crippen molar-refractivity contribution in [2.75, 3.05) is 25.7 Å². The number of nitrogens with two attached hydrogens (primary N) is 2. The molecule has 0 fully saturated rings. The van der Waals surface area contributed by atoms with Crippen LogP contribution in [-0.2, 0) is 0 Å². The topological polar surface area (TPSA) is 109 Å². The molecule has 0 aliphatic carbocycles. The molecule has 23 heavy (non-hydrogen) atoms. The Balaban J connectivity index is 0.00000192. The number of aromatic nitrogens is 3. The predicted molar refractivity (Wildman–Crippen MR) is 91.9 cm³/mol. The molecule has 2 heterocycles. The highest BCUT2D eigenvalue weighted by atomic mass is 35.5. The largest absolute Gasteiger partial charge is 0.493 e. The van der Waals surface area contributed by atoms with Gasteiger partial charge in [-0.05, 0) is 30.3 Å². The Morgan fingerprint density at radius 3 is 2.30 bits per heavy atom. The van der Waals surface area contributed by atoms with Crippen molar-refractivity contribution in [2.24, 2.45) is 0 Å². The number of pyridine rings is 1.